The summed E-state index contributed by atoms with van der Waals surface area (Å²) in [6, 6.07) is 14.3. The molecule has 1 saturated heterocycles. The minimum Gasteiger partial charge on any atom is -0.486 e. The standard InChI is InChI=1S/C31H40N2O5/c1-31(2,3)25-26(32-19-20-14-15-23-24(18-20)38-17-16-37-23)27(21-10-6-4-7-11-21)33(28(25)30(35)36)29(34)22-12-8-5-9-13-22/h4,6-7,10-11,14-15,18,22,25-28,32H,5,8-9,12-13,16-17,19H2,1-3H3,(H,35,36)/t25-,26-,27-,28-/m0/s1. The molecular weight excluding hydrogens is 480 g/mol. The zero-order valence-electron chi connectivity index (χ0n) is 22.7. The Morgan fingerprint density at radius 3 is 2.32 bits per heavy atom. The lowest BCUT2D eigenvalue weighted by molar-refractivity contribution is -0.154. The van der Waals surface area contributed by atoms with Crippen molar-refractivity contribution in [3.8, 4) is 11.5 Å². The van der Waals surface area contributed by atoms with Crippen LogP contribution in [0, 0.1) is 17.3 Å². The molecule has 7 nitrogen and oxygen atoms in total. The molecule has 2 N–H and O–H groups in total. The van der Waals surface area contributed by atoms with Crippen LogP contribution in [0.1, 0.15) is 70.0 Å². The molecule has 2 aromatic rings. The van der Waals surface area contributed by atoms with Crippen molar-refractivity contribution in [3.05, 3.63) is 59.7 Å². The molecule has 0 aromatic heterocycles. The molecule has 2 aliphatic heterocycles. The van der Waals surface area contributed by atoms with E-state index < -0.39 is 12.0 Å². The first kappa shape index (κ1) is 26.5. The highest BCUT2D eigenvalue weighted by atomic mass is 16.6. The summed E-state index contributed by atoms with van der Waals surface area (Å²) >= 11 is 0. The quantitative estimate of drug-likeness (QED) is 0.545. The number of carboxylic acid groups (broad SMARTS) is 1. The molecule has 1 aliphatic carbocycles. The first-order chi connectivity index (χ1) is 18.3. The number of benzene rings is 2. The number of nitrogens with zero attached hydrogens (tertiary/aromatic N) is 1. The van der Waals surface area contributed by atoms with Crippen molar-refractivity contribution < 1.29 is 24.2 Å². The van der Waals surface area contributed by atoms with Gasteiger partial charge in [-0.3, -0.25) is 4.79 Å². The smallest absolute Gasteiger partial charge is 0.326 e. The van der Waals surface area contributed by atoms with Crippen molar-refractivity contribution in [2.45, 2.75) is 77.5 Å². The Morgan fingerprint density at radius 2 is 1.66 bits per heavy atom. The van der Waals surface area contributed by atoms with Crippen molar-refractivity contribution in [2.75, 3.05) is 13.2 Å². The molecule has 4 atom stereocenters. The number of ether oxygens (including phenoxy) is 2. The number of fused-ring (bicyclic) bond motifs is 1. The number of carbonyl (C=O) groups excluding carboxylic acids is 1. The van der Waals surface area contributed by atoms with Gasteiger partial charge in [0, 0.05) is 24.4 Å². The number of likely N-dealkylation sites (tertiary alicyclic amines) is 1. The molecule has 0 radical (unpaired) electrons. The van der Waals surface area contributed by atoms with Crippen molar-refractivity contribution in [1.29, 1.82) is 0 Å². The molecule has 0 spiro atoms. The summed E-state index contributed by atoms with van der Waals surface area (Å²) < 4.78 is 11.5. The first-order valence-corrected chi connectivity index (χ1v) is 14.0. The van der Waals surface area contributed by atoms with Gasteiger partial charge >= 0.3 is 5.97 Å². The highest BCUT2D eigenvalue weighted by Crippen LogP contribution is 2.49. The van der Waals surface area contributed by atoms with Crippen molar-refractivity contribution in [3.63, 3.8) is 0 Å². The summed E-state index contributed by atoms with van der Waals surface area (Å²) in [7, 11) is 0. The molecule has 1 amide bonds. The van der Waals surface area contributed by atoms with Crippen LogP contribution in [0.4, 0.5) is 0 Å². The van der Waals surface area contributed by atoms with Gasteiger partial charge in [0.25, 0.3) is 0 Å². The van der Waals surface area contributed by atoms with E-state index in [-0.39, 0.29) is 35.2 Å². The van der Waals surface area contributed by atoms with Gasteiger partial charge in [-0.1, -0.05) is 76.4 Å². The van der Waals surface area contributed by atoms with Crippen LogP contribution >= 0.6 is 0 Å². The van der Waals surface area contributed by atoms with Gasteiger partial charge in [-0.15, -0.1) is 0 Å². The summed E-state index contributed by atoms with van der Waals surface area (Å²) in [6.07, 6.45) is 4.84. The summed E-state index contributed by atoms with van der Waals surface area (Å²) in [5.41, 5.74) is 1.63. The number of carbonyl (C=O) groups is 2. The molecule has 2 aromatic carbocycles. The molecule has 0 bridgehead atoms. The van der Waals surface area contributed by atoms with Crippen molar-refractivity contribution in [2.24, 2.45) is 17.3 Å². The maximum atomic E-state index is 14.2. The largest absolute Gasteiger partial charge is 0.486 e. The predicted molar refractivity (Wildman–Crippen MR) is 145 cm³/mol. The lowest BCUT2D eigenvalue weighted by Crippen LogP contribution is -2.49. The maximum absolute atomic E-state index is 14.2. The summed E-state index contributed by atoms with van der Waals surface area (Å²) in [6.45, 7) is 7.84. The van der Waals surface area contributed by atoms with E-state index in [1.165, 1.54) is 0 Å². The lowest BCUT2D eigenvalue weighted by atomic mass is 9.72. The van der Waals surface area contributed by atoms with Crippen LogP contribution in [0.5, 0.6) is 11.5 Å². The molecule has 7 heteroatoms. The number of hydrogen-bond acceptors (Lipinski definition) is 5. The Bertz CT molecular complexity index is 1140. The molecule has 204 valence electrons. The lowest BCUT2D eigenvalue weighted by Gasteiger charge is -2.36. The van der Waals surface area contributed by atoms with Gasteiger partial charge in [0.1, 0.15) is 19.3 Å². The average molecular weight is 521 g/mol. The molecule has 0 unspecified atom stereocenters. The highest BCUT2D eigenvalue weighted by molar-refractivity contribution is 5.87. The van der Waals surface area contributed by atoms with Gasteiger partial charge in [-0.05, 0) is 41.5 Å². The normalized spacial score (nSPS) is 25.8. The number of rotatable bonds is 6. The fourth-order valence-corrected chi connectivity index (χ4v) is 6.72. The molecule has 2 fully saturated rings. The number of carboxylic acids is 1. The van der Waals surface area contributed by atoms with Crippen LogP contribution in [0.15, 0.2) is 48.5 Å². The number of aliphatic carboxylic acids is 1. The third-order valence-corrected chi connectivity index (χ3v) is 8.42. The van der Waals surface area contributed by atoms with Crippen LogP contribution in [-0.2, 0) is 16.1 Å². The van der Waals surface area contributed by atoms with Crippen LogP contribution in [0.25, 0.3) is 0 Å². The van der Waals surface area contributed by atoms with Gasteiger partial charge < -0.3 is 24.8 Å². The number of nitrogens with one attached hydrogen (secondary N) is 1. The summed E-state index contributed by atoms with van der Waals surface area (Å²) in [4.78, 5) is 28.9. The van der Waals surface area contributed by atoms with E-state index in [9.17, 15) is 14.7 Å². The van der Waals surface area contributed by atoms with E-state index >= 15 is 0 Å². The fourth-order valence-electron chi connectivity index (χ4n) is 6.72. The van der Waals surface area contributed by atoms with E-state index in [1.807, 2.05) is 48.5 Å². The van der Waals surface area contributed by atoms with Crippen LogP contribution in [0.2, 0.25) is 0 Å². The van der Waals surface area contributed by atoms with Gasteiger partial charge in [0.15, 0.2) is 11.5 Å². The van der Waals surface area contributed by atoms with Crippen molar-refractivity contribution >= 4 is 11.9 Å². The molecule has 2 heterocycles. The Kier molecular flexibility index (Phi) is 7.66. The van der Waals surface area contributed by atoms with Gasteiger partial charge in [-0.2, -0.15) is 0 Å². The minimum atomic E-state index is -0.932. The number of amides is 1. The Labute approximate surface area is 225 Å². The zero-order chi connectivity index (χ0) is 26.9. The Morgan fingerprint density at radius 1 is 0.974 bits per heavy atom. The van der Waals surface area contributed by atoms with Crippen LogP contribution in [-0.4, -0.2) is 47.2 Å². The second-order valence-corrected chi connectivity index (χ2v) is 12.0. The molecule has 38 heavy (non-hydrogen) atoms. The van der Waals surface area contributed by atoms with E-state index in [4.69, 9.17) is 9.47 Å². The molecule has 1 saturated carbocycles. The molecular formula is C31H40N2O5. The Hall–Kier alpha value is -3.06. The maximum Gasteiger partial charge on any atom is 0.326 e. The SMILES string of the molecule is CC(C)(C)[C@H]1[C@H](NCc2ccc3c(c2)OCCO3)[C@H](c2ccccc2)N(C(=O)C2CCCCC2)[C@@H]1C(=O)O. The van der Waals surface area contributed by atoms with Gasteiger partial charge in [0.2, 0.25) is 5.91 Å². The minimum absolute atomic E-state index is 0.0103. The van der Waals surface area contributed by atoms with E-state index in [0.717, 1.165) is 54.7 Å². The van der Waals surface area contributed by atoms with E-state index in [1.54, 1.807) is 4.90 Å². The fraction of sp³-hybridized carbons (Fsp3) is 0.548. The summed E-state index contributed by atoms with van der Waals surface area (Å²) in [5.74, 6) is 0.115. The topological polar surface area (TPSA) is 88.1 Å². The van der Waals surface area contributed by atoms with Crippen LogP contribution < -0.4 is 14.8 Å². The zero-order valence-corrected chi connectivity index (χ0v) is 22.7. The third-order valence-electron chi connectivity index (χ3n) is 8.42. The molecule has 3 aliphatic rings. The highest BCUT2D eigenvalue weighted by Gasteiger charge is 2.58. The first-order valence-electron chi connectivity index (χ1n) is 14.0. The second kappa shape index (κ2) is 11.0. The predicted octanol–water partition coefficient (Wildman–Crippen LogP) is 5.20. The molecule has 5 rings (SSSR count). The summed E-state index contributed by atoms with van der Waals surface area (Å²) in [5, 5.41) is 14.3. The van der Waals surface area contributed by atoms with Crippen molar-refractivity contribution in [1.82, 2.24) is 10.2 Å². The van der Waals surface area contributed by atoms with Gasteiger partial charge in [-0.25, -0.2) is 4.79 Å². The third kappa shape index (κ3) is 5.26. The average Bonchev–Trinajstić information content (AvgIpc) is 3.28. The Balaban J connectivity index is 1.54. The van der Waals surface area contributed by atoms with Gasteiger partial charge in [0.05, 0.1) is 6.04 Å². The second-order valence-electron chi connectivity index (χ2n) is 12.0. The van der Waals surface area contributed by atoms with E-state index in [2.05, 4.69) is 26.1 Å². The van der Waals surface area contributed by atoms with E-state index in [0.29, 0.717) is 19.8 Å². The number of hydrogen-bond donors (Lipinski definition) is 2. The monoisotopic (exact) mass is 520 g/mol. The van der Waals surface area contributed by atoms with Crippen LogP contribution in [0.3, 0.4) is 0 Å².